The highest BCUT2D eigenvalue weighted by molar-refractivity contribution is 6.99. The summed E-state index contributed by atoms with van der Waals surface area (Å²) in [5.74, 6) is 0.631. The van der Waals surface area contributed by atoms with Gasteiger partial charge in [-0.15, -0.1) is 0 Å². The molecule has 3 heteroatoms. The monoisotopic (exact) mass is 339 g/mol. The van der Waals surface area contributed by atoms with Crippen molar-refractivity contribution in [1.82, 2.24) is 5.32 Å². The molecule has 1 saturated heterocycles. The molecule has 24 heavy (non-hydrogen) atoms. The molecule has 1 fully saturated rings. The third-order valence-electron chi connectivity index (χ3n) is 5.11. The Labute approximate surface area is 147 Å². The number of hydrogen-bond acceptors (Lipinski definition) is 2. The summed E-state index contributed by atoms with van der Waals surface area (Å²) in [6.45, 7) is 10.1. The fourth-order valence-corrected chi connectivity index (χ4v) is 8.50. The molecule has 1 aliphatic rings. The van der Waals surface area contributed by atoms with Gasteiger partial charge in [0.25, 0.3) is 8.32 Å². The minimum Gasteiger partial charge on any atom is -0.407 e. The molecule has 2 nitrogen and oxygen atoms in total. The van der Waals surface area contributed by atoms with Crippen LogP contribution in [0.25, 0.3) is 0 Å². The van der Waals surface area contributed by atoms with Crippen molar-refractivity contribution in [2.24, 2.45) is 5.92 Å². The predicted molar refractivity (Wildman–Crippen MR) is 105 cm³/mol. The first kappa shape index (κ1) is 17.4. The molecule has 0 amide bonds. The number of rotatable bonds is 5. The molecule has 0 saturated carbocycles. The van der Waals surface area contributed by atoms with Gasteiger partial charge in [0.1, 0.15) is 0 Å². The first-order valence-corrected chi connectivity index (χ1v) is 10.9. The third-order valence-corrected chi connectivity index (χ3v) is 10.1. The molecule has 0 spiro atoms. The highest BCUT2D eigenvalue weighted by atomic mass is 28.4. The molecule has 1 heterocycles. The van der Waals surface area contributed by atoms with Gasteiger partial charge in [0.05, 0.1) is 0 Å². The summed E-state index contributed by atoms with van der Waals surface area (Å²) in [4.78, 5) is 0. The second-order valence-electron chi connectivity index (χ2n) is 7.83. The van der Waals surface area contributed by atoms with E-state index in [0.717, 1.165) is 19.7 Å². The maximum atomic E-state index is 6.95. The van der Waals surface area contributed by atoms with E-state index in [1.165, 1.54) is 16.8 Å². The molecule has 2 aromatic carbocycles. The summed E-state index contributed by atoms with van der Waals surface area (Å²) in [6.07, 6.45) is 1.22. The molecule has 0 aromatic heterocycles. The van der Waals surface area contributed by atoms with Crippen molar-refractivity contribution >= 4 is 18.7 Å². The molecule has 0 bridgehead atoms. The van der Waals surface area contributed by atoms with Crippen LogP contribution in [0, 0.1) is 5.92 Å². The smallest absolute Gasteiger partial charge is 0.261 e. The zero-order chi connectivity index (χ0) is 17.0. The highest BCUT2D eigenvalue weighted by Crippen LogP contribution is 2.37. The molecule has 2 aromatic rings. The van der Waals surface area contributed by atoms with E-state index >= 15 is 0 Å². The van der Waals surface area contributed by atoms with E-state index in [2.05, 4.69) is 86.8 Å². The van der Waals surface area contributed by atoms with Crippen LogP contribution in [0.4, 0.5) is 0 Å². The molecule has 0 radical (unpaired) electrons. The van der Waals surface area contributed by atoms with Crippen molar-refractivity contribution in [3.05, 3.63) is 60.7 Å². The van der Waals surface area contributed by atoms with Crippen LogP contribution in [-0.2, 0) is 4.43 Å². The first-order chi connectivity index (χ1) is 11.5. The van der Waals surface area contributed by atoms with E-state index in [1.807, 2.05) is 0 Å². The van der Waals surface area contributed by atoms with E-state index in [1.54, 1.807) is 0 Å². The van der Waals surface area contributed by atoms with Crippen molar-refractivity contribution in [2.45, 2.75) is 32.2 Å². The van der Waals surface area contributed by atoms with E-state index < -0.39 is 8.32 Å². The van der Waals surface area contributed by atoms with Gasteiger partial charge in [-0.2, -0.15) is 0 Å². The summed E-state index contributed by atoms with van der Waals surface area (Å²) in [5, 5.41) is 6.27. The summed E-state index contributed by atoms with van der Waals surface area (Å²) in [5.41, 5.74) is 0. The number of benzene rings is 2. The fourth-order valence-electron chi connectivity index (χ4n) is 3.86. The Bertz CT molecular complexity index is 590. The Morgan fingerprint density at radius 2 is 1.50 bits per heavy atom. The lowest BCUT2D eigenvalue weighted by Gasteiger charge is -2.43. The van der Waals surface area contributed by atoms with E-state index in [-0.39, 0.29) is 5.04 Å². The minimum absolute atomic E-state index is 0.0712. The normalized spacial score (nSPS) is 18.7. The summed E-state index contributed by atoms with van der Waals surface area (Å²) in [7, 11) is -2.34. The van der Waals surface area contributed by atoms with Gasteiger partial charge < -0.3 is 9.74 Å². The van der Waals surface area contributed by atoms with Gasteiger partial charge in [0, 0.05) is 13.2 Å². The SMILES string of the molecule is CC(C)(C)[Si](OCC1CCNC1)(c1ccccc1)c1ccccc1. The van der Waals surface area contributed by atoms with Crippen molar-refractivity contribution in [2.75, 3.05) is 19.7 Å². The van der Waals surface area contributed by atoms with Crippen LogP contribution in [-0.4, -0.2) is 28.0 Å². The lowest BCUT2D eigenvalue weighted by molar-refractivity contribution is 0.245. The van der Waals surface area contributed by atoms with E-state index in [0.29, 0.717) is 5.92 Å². The first-order valence-electron chi connectivity index (χ1n) is 9.00. The Morgan fingerprint density at radius 1 is 0.958 bits per heavy atom. The van der Waals surface area contributed by atoms with Crippen LogP contribution in [0.2, 0.25) is 5.04 Å². The Hall–Kier alpha value is -1.42. The fraction of sp³-hybridized carbons (Fsp3) is 0.429. The molecular weight excluding hydrogens is 310 g/mol. The van der Waals surface area contributed by atoms with Crippen molar-refractivity contribution < 1.29 is 4.43 Å². The van der Waals surface area contributed by atoms with Gasteiger partial charge in [0.15, 0.2) is 0 Å². The number of nitrogens with one attached hydrogen (secondary N) is 1. The zero-order valence-electron chi connectivity index (χ0n) is 15.1. The zero-order valence-corrected chi connectivity index (χ0v) is 16.1. The number of hydrogen-bond donors (Lipinski definition) is 1. The average Bonchev–Trinajstić information content (AvgIpc) is 3.10. The summed E-state index contributed by atoms with van der Waals surface area (Å²) >= 11 is 0. The largest absolute Gasteiger partial charge is 0.407 e. The second kappa shape index (κ2) is 7.22. The van der Waals surface area contributed by atoms with Gasteiger partial charge in [-0.3, -0.25) is 0 Å². The molecule has 128 valence electrons. The second-order valence-corrected chi connectivity index (χ2v) is 12.1. The Balaban J connectivity index is 2.06. The van der Waals surface area contributed by atoms with E-state index in [4.69, 9.17) is 4.43 Å². The van der Waals surface area contributed by atoms with Crippen LogP contribution in [0.3, 0.4) is 0 Å². The lowest BCUT2D eigenvalue weighted by Crippen LogP contribution is -2.66. The Kier molecular flexibility index (Phi) is 5.23. The highest BCUT2D eigenvalue weighted by Gasteiger charge is 2.50. The van der Waals surface area contributed by atoms with Gasteiger partial charge in [0.2, 0.25) is 0 Å². The molecule has 0 aliphatic carbocycles. The van der Waals surface area contributed by atoms with E-state index in [9.17, 15) is 0 Å². The molecular formula is C21H29NOSi. The van der Waals surface area contributed by atoms with Crippen LogP contribution >= 0.6 is 0 Å². The maximum Gasteiger partial charge on any atom is 0.261 e. The molecule has 1 unspecified atom stereocenters. The molecule has 1 atom stereocenters. The van der Waals surface area contributed by atoms with Gasteiger partial charge in [-0.25, -0.2) is 0 Å². The predicted octanol–water partition coefficient (Wildman–Crippen LogP) is 3.17. The third kappa shape index (κ3) is 3.34. The Morgan fingerprint density at radius 3 is 1.92 bits per heavy atom. The summed E-state index contributed by atoms with van der Waals surface area (Å²) in [6, 6.07) is 21.8. The van der Waals surface area contributed by atoms with Gasteiger partial charge in [-0.05, 0) is 34.3 Å². The summed E-state index contributed by atoms with van der Waals surface area (Å²) < 4.78 is 6.95. The lowest BCUT2D eigenvalue weighted by atomic mass is 10.1. The van der Waals surface area contributed by atoms with Crippen molar-refractivity contribution in [3.8, 4) is 0 Å². The standard InChI is InChI=1S/C21H29NOSi/c1-21(2,3)24(19-10-6-4-7-11-19,20-12-8-5-9-13-20)23-17-18-14-15-22-16-18/h4-13,18,22H,14-17H2,1-3H3. The quantitative estimate of drug-likeness (QED) is 0.845. The van der Waals surface area contributed by atoms with Crippen LogP contribution in [0.5, 0.6) is 0 Å². The topological polar surface area (TPSA) is 21.3 Å². The van der Waals surface area contributed by atoms with Crippen molar-refractivity contribution in [3.63, 3.8) is 0 Å². The van der Waals surface area contributed by atoms with Crippen LogP contribution < -0.4 is 15.7 Å². The van der Waals surface area contributed by atoms with Gasteiger partial charge in [-0.1, -0.05) is 81.4 Å². The maximum absolute atomic E-state index is 6.95. The average molecular weight is 340 g/mol. The van der Waals surface area contributed by atoms with Crippen molar-refractivity contribution in [1.29, 1.82) is 0 Å². The van der Waals surface area contributed by atoms with Crippen LogP contribution in [0.15, 0.2) is 60.7 Å². The molecule has 1 N–H and O–H groups in total. The molecule has 3 rings (SSSR count). The van der Waals surface area contributed by atoms with Crippen LogP contribution in [0.1, 0.15) is 27.2 Å². The van der Waals surface area contributed by atoms with Gasteiger partial charge >= 0.3 is 0 Å². The minimum atomic E-state index is -2.34. The molecule has 1 aliphatic heterocycles.